The number of phenolic OH excluding ortho intramolecular Hbond substituents is 2. The third-order valence-electron chi connectivity index (χ3n) is 5.74. The van der Waals surface area contributed by atoms with Crippen molar-refractivity contribution in [2.45, 2.75) is 90.4 Å². The van der Waals surface area contributed by atoms with Crippen LogP contribution in [0, 0.1) is 0 Å². The first-order valence-corrected chi connectivity index (χ1v) is 12.5. The highest BCUT2D eigenvalue weighted by Gasteiger charge is 2.22. The molecular formula is C27H43O2P. The van der Waals surface area contributed by atoms with Gasteiger partial charge in [-0.2, -0.15) is 0 Å². The van der Waals surface area contributed by atoms with E-state index < -0.39 is 0 Å². The third-order valence-corrected chi connectivity index (χ3v) is 6.14. The zero-order valence-corrected chi connectivity index (χ0v) is 20.5. The van der Waals surface area contributed by atoms with Crippen LogP contribution >= 0.6 is 9.24 Å². The van der Waals surface area contributed by atoms with Gasteiger partial charge in [-0.1, -0.05) is 103 Å². The average molecular weight is 431 g/mol. The molecule has 2 rings (SSSR count). The Morgan fingerprint density at radius 3 is 1.27 bits per heavy atom. The monoisotopic (exact) mass is 430 g/mol. The van der Waals surface area contributed by atoms with Crippen molar-refractivity contribution in [3.05, 3.63) is 59.7 Å². The maximum Gasteiger partial charge on any atom is 0.115 e. The molecule has 0 aliphatic carbocycles. The fourth-order valence-electron chi connectivity index (χ4n) is 3.55. The quantitative estimate of drug-likeness (QED) is 0.263. The summed E-state index contributed by atoms with van der Waals surface area (Å²) in [5.74, 6) is 0.547. The molecule has 3 heteroatoms. The van der Waals surface area contributed by atoms with Crippen molar-refractivity contribution >= 4 is 9.24 Å². The second-order valence-corrected chi connectivity index (χ2v) is 9.27. The van der Waals surface area contributed by atoms with Crippen LogP contribution in [0.25, 0.3) is 0 Å². The molecule has 1 atom stereocenters. The lowest BCUT2D eigenvalue weighted by molar-refractivity contribution is 0.474. The molecule has 30 heavy (non-hydrogen) atoms. The Labute approximate surface area is 187 Å². The van der Waals surface area contributed by atoms with Gasteiger partial charge >= 0.3 is 0 Å². The Bertz CT molecular complexity index is 605. The molecule has 1 unspecified atom stereocenters. The number of benzene rings is 2. The van der Waals surface area contributed by atoms with Gasteiger partial charge in [0, 0.05) is 5.41 Å². The minimum atomic E-state index is -0.151. The summed E-state index contributed by atoms with van der Waals surface area (Å²) in [5, 5.41) is 18.6. The van der Waals surface area contributed by atoms with Crippen molar-refractivity contribution in [2.24, 2.45) is 0 Å². The molecule has 0 aliphatic rings. The number of hydrogen-bond acceptors (Lipinski definition) is 2. The first-order chi connectivity index (χ1) is 14.4. The van der Waals surface area contributed by atoms with Gasteiger partial charge in [0.1, 0.15) is 11.5 Å². The minimum absolute atomic E-state index is 0.151. The maximum atomic E-state index is 9.30. The average Bonchev–Trinajstić information content (AvgIpc) is 2.74. The lowest BCUT2D eigenvalue weighted by Crippen LogP contribution is -2.18. The zero-order valence-electron chi connectivity index (χ0n) is 19.4. The summed E-state index contributed by atoms with van der Waals surface area (Å²) in [6, 6.07) is 14.4. The van der Waals surface area contributed by atoms with E-state index >= 15 is 0 Å². The van der Waals surface area contributed by atoms with Gasteiger partial charge in [-0.3, -0.25) is 0 Å². The molecular weight excluding hydrogens is 387 g/mol. The Hall–Kier alpha value is -1.53. The molecule has 0 radical (unpaired) electrons. The summed E-state index contributed by atoms with van der Waals surface area (Å²) in [7, 11) is 2.81. The fraction of sp³-hybridized carbons (Fsp3) is 0.556. The Morgan fingerprint density at radius 1 is 0.600 bits per heavy atom. The van der Waals surface area contributed by atoms with Crippen LogP contribution in [-0.2, 0) is 5.41 Å². The lowest BCUT2D eigenvalue weighted by Gasteiger charge is -2.26. The van der Waals surface area contributed by atoms with Crippen LogP contribution in [0.2, 0.25) is 0 Å². The van der Waals surface area contributed by atoms with Gasteiger partial charge in [-0.05, 0) is 48.0 Å². The Kier molecular flexibility index (Phi) is 13.5. The summed E-state index contributed by atoms with van der Waals surface area (Å²) in [5.41, 5.74) is 2.10. The maximum absolute atomic E-state index is 9.30. The van der Waals surface area contributed by atoms with Crippen molar-refractivity contribution in [3.8, 4) is 11.5 Å². The molecule has 0 aromatic heterocycles. The van der Waals surface area contributed by atoms with Crippen LogP contribution in [0.15, 0.2) is 48.5 Å². The molecule has 0 aliphatic heterocycles. The van der Waals surface area contributed by atoms with E-state index in [2.05, 4.69) is 30.0 Å². The van der Waals surface area contributed by atoms with E-state index in [4.69, 9.17) is 0 Å². The second-order valence-electron chi connectivity index (χ2n) is 8.69. The van der Waals surface area contributed by atoms with Gasteiger partial charge in [0.2, 0.25) is 0 Å². The van der Waals surface area contributed by atoms with E-state index in [1.54, 1.807) is 24.3 Å². The first kappa shape index (κ1) is 26.5. The number of aromatic hydroxyl groups is 2. The van der Waals surface area contributed by atoms with E-state index in [-0.39, 0.29) is 16.9 Å². The first-order valence-electron chi connectivity index (χ1n) is 11.7. The minimum Gasteiger partial charge on any atom is -0.508 e. The van der Waals surface area contributed by atoms with Crippen molar-refractivity contribution in [3.63, 3.8) is 0 Å². The van der Waals surface area contributed by atoms with Crippen LogP contribution in [-0.4, -0.2) is 16.4 Å². The van der Waals surface area contributed by atoms with Gasteiger partial charge < -0.3 is 10.2 Å². The summed E-state index contributed by atoms with van der Waals surface area (Å²) in [6.07, 6.45) is 15.7. The van der Waals surface area contributed by atoms with Gasteiger partial charge in [0.15, 0.2) is 0 Å². The molecule has 0 fully saturated rings. The lowest BCUT2D eigenvalue weighted by atomic mass is 9.78. The smallest absolute Gasteiger partial charge is 0.115 e. The molecule has 0 saturated heterocycles. The van der Waals surface area contributed by atoms with Crippen molar-refractivity contribution < 1.29 is 10.2 Å². The standard InChI is InChI=1S/C15H16O2.C12H27P/c1-15(2,11-3-7-13(16)8-4-11)12-5-9-14(17)10-6-12;1-2-3-4-5-6-7-8-9-10-11-12-13/h3-10,16-17H,1-2H3;2-13H2,1H3. The second kappa shape index (κ2) is 15.3. The SMILES string of the molecule is CC(C)(c1ccc(O)cc1)c1ccc(O)cc1.CCCCCCCCCCCCP. The van der Waals surface area contributed by atoms with E-state index in [9.17, 15) is 10.2 Å². The number of hydrogen-bond donors (Lipinski definition) is 2. The van der Waals surface area contributed by atoms with E-state index in [1.165, 1.54) is 70.4 Å². The van der Waals surface area contributed by atoms with Crippen LogP contribution in [0.4, 0.5) is 0 Å². The molecule has 0 amide bonds. The van der Waals surface area contributed by atoms with Crippen LogP contribution in [0.3, 0.4) is 0 Å². The van der Waals surface area contributed by atoms with Gasteiger partial charge in [-0.25, -0.2) is 0 Å². The molecule has 2 N–H and O–H groups in total. The summed E-state index contributed by atoms with van der Waals surface area (Å²) < 4.78 is 0. The molecule has 168 valence electrons. The molecule has 2 aromatic rings. The van der Waals surface area contributed by atoms with Gasteiger partial charge in [-0.15, -0.1) is 9.24 Å². The predicted octanol–water partition coefficient (Wildman–Crippen LogP) is 8.21. The molecule has 0 heterocycles. The highest BCUT2D eigenvalue weighted by atomic mass is 31.0. The zero-order chi connectivity index (χ0) is 22.2. The largest absolute Gasteiger partial charge is 0.508 e. The normalized spacial score (nSPS) is 11.1. The molecule has 2 nitrogen and oxygen atoms in total. The highest BCUT2D eigenvalue weighted by Crippen LogP contribution is 2.32. The molecule has 2 aromatic carbocycles. The number of rotatable bonds is 12. The Morgan fingerprint density at radius 2 is 0.933 bits per heavy atom. The van der Waals surface area contributed by atoms with Gasteiger partial charge in [0.05, 0.1) is 0 Å². The van der Waals surface area contributed by atoms with E-state index in [0.717, 1.165) is 11.1 Å². The fourth-order valence-corrected chi connectivity index (χ4v) is 3.84. The molecule has 0 bridgehead atoms. The topological polar surface area (TPSA) is 40.5 Å². The number of unbranched alkanes of at least 4 members (excludes halogenated alkanes) is 9. The summed E-state index contributed by atoms with van der Waals surface area (Å²) in [6.45, 7) is 6.51. The summed E-state index contributed by atoms with van der Waals surface area (Å²) >= 11 is 0. The van der Waals surface area contributed by atoms with Crippen molar-refractivity contribution in [1.29, 1.82) is 0 Å². The Balaban J connectivity index is 0.000000314. The highest BCUT2D eigenvalue weighted by molar-refractivity contribution is 7.16. The van der Waals surface area contributed by atoms with Crippen LogP contribution < -0.4 is 0 Å². The van der Waals surface area contributed by atoms with E-state index in [0.29, 0.717) is 0 Å². The van der Waals surface area contributed by atoms with Gasteiger partial charge in [0.25, 0.3) is 0 Å². The molecule has 0 spiro atoms. The van der Waals surface area contributed by atoms with E-state index in [1.807, 2.05) is 24.3 Å². The van der Waals surface area contributed by atoms with Crippen molar-refractivity contribution in [1.82, 2.24) is 0 Å². The van der Waals surface area contributed by atoms with Crippen LogP contribution in [0.5, 0.6) is 11.5 Å². The summed E-state index contributed by atoms with van der Waals surface area (Å²) in [4.78, 5) is 0. The van der Waals surface area contributed by atoms with Crippen molar-refractivity contribution in [2.75, 3.05) is 6.16 Å². The third kappa shape index (κ3) is 10.5. The molecule has 0 saturated carbocycles. The predicted molar refractivity (Wildman–Crippen MR) is 135 cm³/mol. The van der Waals surface area contributed by atoms with Crippen LogP contribution in [0.1, 0.15) is 96.1 Å². The number of phenols is 2.